The number of hydrogen-bond donors (Lipinski definition) is 4. The van der Waals surface area contributed by atoms with Gasteiger partial charge in [-0.1, -0.05) is 0 Å². The highest BCUT2D eigenvalue weighted by Gasteiger charge is 2.26. The molecule has 0 saturated heterocycles. The van der Waals surface area contributed by atoms with Crippen LogP contribution in [0.25, 0.3) is 10.8 Å². The number of fused-ring (bicyclic) bond motifs is 1. The van der Waals surface area contributed by atoms with E-state index in [9.17, 15) is 13.6 Å². The number of nitrogens with one attached hydrogen (secondary N) is 3. The molecule has 0 unspecified atom stereocenters. The Bertz CT molecular complexity index is 831. The van der Waals surface area contributed by atoms with Gasteiger partial charge in [0.05, 0.1) is 0 Å². The molecule has 1 aliphatic carbocycles. The summed E-state index contributed by atoms with van der Waals surface area (Å²) in [6.07, 6.45) is 0.137. The Kier molecular flexibility index (Phi) is 5.57. The molecule has 3 rings (SSSR count). The average molecular weight is 379 g/mol. The van der Waals surface area contributed by atoms with E-state index in [1.165, 1.54) is 6.07 Å². The molecular weight excluding hydrogens is 356 g/mol. The zero-order valence-electron chi connectivity index (χ0n) is 15.2. The summed E-state index contributed by atoms with van der Waals surface area (Å²) in [7, 11) is 0. The molecule has 0 radical (unpaired) electrons. The lowest BCUT2D eigenvalue weighted by Crippen LogP contribution is -2.32. The van der Waals surface area contributed by atoms with Crippen LogP contribution in [0.15, 0.2) is 18.3 Å². The van der Waals surface area contributed by atoms with Crippen LogP contribution in [-0.2, 0) is 0 Å². The predicted molar refractivity (Wildman–Crippen MR) is 99.5 cm³/mol. The van der Waals surface area contributed by atoms with Crippen molar-refractivity contribution in [1.82, 2.24) is 15.3 Å². The summed E-state index contributed by atoms with van der Waals surface area (Å²) in [6, 6.07) is 3.21. The first-order valence-electron chi connectivity index (χ1n) is 8.93. The third-order valence-corrected chi connectivity index (χ3v) is 4.50. The standard InChI is InChI=1S/C18H23F2N5O2/c1-9(2)22-17-13-7-15(21-8-10(13)5-14(25-17)16(19)20)23-11-3-4-12(6-11)24-18(26)27/h5,7-9,11-12,16,24H,3-4,6H2,1-2H3,(H,21,23)(H,22,25)(H,26,27)/t11-,12-/m0/s1. The van der Waals surface area contributed by atoms with E-state index in [1.807, 2.05) is 13.8 Å². The van der Waals surface area contributed by atoms with Crippen LogP contribution in [0.4, 0.5) is 25.2 Å². The Morgan fingerprint density at radius 3 is 2.67 bits per heavy atom. The Labute approximate surface area is 155 Å². The molecule has 1 aliphatic rings. The fraction of sp³-hybridized carbons (Fsp3) is 0.500. The number of carboxylic acid groups (broad SMARTS) is 1. The topological polar surface area (TPSA) is 99.2 Å². The van der Waals surface area contributed by atoms with Crippen molar-refractivity contribution in [2.45, 2.75) is 57.7 Å². The molecule has 0 spiro atoms. The normalized spacial score (nSPS) is 19.6. The minimum Gasteiger partial charge on any atom is -0.465 e. The van der Waals surface area contributed by atoms with Crippen molar-refractivity contribution in [2.24, 2.45) is 0 Å². The summed E-state index contributed by atoms with van der Waals surface area (Å²) < 4.78 is 26.2. The maximum Gasteiger partial charge on any atom is 0.404 e. The maximum absolute atomic E-state index is 13.1. The molecule has 1 amide bonds. The van der Waals surface area contributed by atoms with Crippen LogP contribution in [0.1, 0.15) is 45.2 Å². The van der Waals surface area contributed by atoms with Crippen molar-refractivity contribution in [3.05, 3.63) is 24.0 Å². The number of aromatic nitrogens is 2. The van der Waals surface area contributed by atoms with Gasteiger partial charge in [-0.25, -0.2) is 23.5 Å². The first kappa shape index (κ1) is 19.1. The first-order chi connectivity index (χ1) is 12.8. The van der Waals surface area contributed by atoms with Crippen LogP contribution in [0.5, 0.6) is 0 Å². The second kappa shape index (κ2) is 7.89. The molecule has 2 atom stereocenters. The van der Waals surface area contributed by atoms with Gasteiger partial charge in [-0.2, -0.15) is 0 Å². The molecule has 146 valence electrons. The van der Waals surface area contributed by atoms with Crippen molar-refractivity contribution in [1.29, 1.82) is 0 Å². The van der Waals surface area contributed by atoms with Crippen molar-refractivity contribution < 1.29 is 18.7 Å². The SMILES string of the molecule is CC(C)Nc1nc(C(F)F)cc2cnc(N[C@H]3CC[C@H](NC(=O)O)C3)cc12. The van der Waals surface area contributed by atoms with Gasteiger partial charge in [-0.15, -0.1) is 0 Å². The van der Waals surface area contributed by atoms with Crippen LogP contribution in [-0.4, -0.2) is 39.3 Å². The number of carbonyl (C=O) groups is 1. The molecule has 1 fully saturated rings. The molecule has 4 N–H and O–H groups in total. The van der Waals surface area contributed by atoms with E-state index in [1.54, 1.807) is 12.3 Å². The Morgan fingerprint density at radius 2 is 2.00 bits per heavy atom. The summed E-state index contributed by atoms with van der Waals surface area (Å²) in [5.41, 5.74) is -0.286. The van der Waals surface area contributed by atoms with Crippen molar-refractivity contribution in [3.8, 4) is 0 Å². The zero-order chi connectivity index (χ0) is 19.6. The van der Waals surface area contributed by atoms with E-state index in [0.717, 1.165) is 12.8 Å². The van der Waals surface area contributed by atoms with Gasteiger partial charge in [-0.3, -0.25) is 0 Å². The quantitative estimate of drug-likeness (QED) is 0.606. The molecule has 7 nitrogen and oxygen atoms in total. The minimum absolute atomic E-state index is 0.0379. The average Bonchev–Trinajstić information content (AvgIpc) is 3.00. The molecule has 0 aliphatic heterocycles. The second-order valence-electron chi connectivity index (χ2n) is 7.09. The lowest BCUT2D eigenvalue weighted by Gasteiger charge is -2.17. The van der Waals surface area contributed by atoms with E-state index in [-0.39, 0.29) is 23.8 Å². The number of anilines is 2. The smallest absolute Gasteiger partial charge is 0.404 e. The van der Waals surface area contributed by atoms with Gasteiger partial charge < -0.3 is 21.1 Å². The largest absolute Gasteiger partial charge is 0.465 e. The van der Waals surface area contributed by atoms with Gasteiger partial charge in [0.15, 0.2) is 0 Å². The molecule has 0 bridgehead atoms. The first-order valence-corrected chi connectivity index (χ1v) is 8.93. The summed E-state index contributed by atoms with van der Waals surface area (Å²) in [5.74, 6) is 1.02. The molecule has 9 heteroatoms. The minimum atomic E-state index is -2.66. The molecule has 27 heavy (non-hydrogen) atoms. The van der Waals surface area contributed by atoms with Gasteiger partial charge in [-0.05, 0) is 45.2 Å². The number of hydrogen-bond acceptors (Lipinski definition) is 5. The molecule has 2 aromatic heterocycles. The highest BCUT2D eigenvalue weighted by Crippen LogP contribution is 2.30. The van der Waals surface area contributed by atoms with Crippen LogP contribution >= 0.6 is 0 Å². The van der Waals surface area contributed by atoms with Gasteiger partial charge in [0.25, 0.3) is 6.43 Å². The lowest BCUT2D eigenvalue weighted by molar-refractivity contribution is 0.146. The predicted octanol–water partition coefficient (Wildman–Crippen LogP) is 3.99. The van der Waals surface area contributed by atoms with Crippen LogP contribution in [0.2, 0.25) is 0 Å². The van der Waals surface area contributed by atoms with Gasteiger partial charge >= 0.3 is 6.09 Å². The zero-order valence-corrected chi connectivity index (χ0v) is 15.2. The lowest BCUT2D eigenvalue weighted by atomic mass is 10.1. The molecular formula is C18H23F2N5O2. The van der Waals surface area contributed by atoms with Gasteiger partial charge in [0.2, 0.25) is 0 Å². The van der Waals surface area contributed by atoms with Gasteiger partial charge in [0.1, 0.15) is 17.3 Å². The highest BCUT2D eigenvalue weighted by molar-refractivity contribution is 5.93. The fourth-order valence-electron chi connectivity index (χ4n) is 3.37. The summed E-state index contributed by atoms with van der Waals surface area (Å²) in [5, 5.41) is 19.0. The number of alkyl halides is 2. The number of nitrogens with zero attached hydrogens (tertiary/aromatic N) is 2. The monoisotopic (exact) mass is 379 g/mol. The van der Waals surface area contributed by atoms with Gasteiger partial charge in [0, 0.05) is 35.1 Å². The Hall–Kier alpha value is -2.71. The number of amides is 1. The van der Waals surface area contributed by atoms with Crippen molar-refractivity contribution in [3.63, 3.8) is 0 Å². The molecule has 2 heterocycles. The summed E-state index contributed by atoms with van der Waals surface area (Å²) >= 11 is 0. The van der Waals surface area contributed by atoms with Crippen LogP contribution in [0, 0.1) is 0 Å². The second-order valence-corrected chi connectivity index (χ2v) is 7.09. The van der Waals surface area contributed by atoms with Crippen molar-refractivity contribution >= 4 is 28.5 Å². The number of rotatable bonds is 6. The molecule has 0 aromatic carbocycles. The third-order valence-electron chi connectivity index (χ3n) is 4.50. The third kappa shape index (κ3) is 4.72. The van der Waals surface area contributed by atoms with E-state index < -0.39 is 12.5 Å². The number of pyridine rings is 2. The van der Waals surface area contributed by atoms with E-state index in [2.05, 4.69) is 25.9 Å². The van der Waals surface area contributed by atoms with Crippen molar-refractivity contribution in [2.75, 3.05) is 10.6 Å². The van der Waals surface area contributed by atoms with E-state index in [4.69, 9.17) is 5.11 Å². The summed E-state index contributed by atoms with van der Waals surface area (Å²) in [6.45, 7) is 3.83. The summed E-state index contributed by atoms with van der Waals surface area (Å²) in [4.78, 5) is 19.2. The van der Waals surface area contributed by atoms with E-state index in [0.29, 0.717) is 28.8 Å². The Balaban J connectivity index is 1.83. The Morgan fingerprint density at radius 1 is 1.26 bits per heavy atom. The molecule has 1 saturated carbocycles. The molecule has 2 aromatic rings. The number of halogens is 2. The van der Waals surface area contributed by atoms with Crippen LogP contribution < -0.4 is 16.0 Å². The highest BCUT2D eigenvalue weighted by atomic mass is 19.3. The maximum atomic E-state index is 13.1. The van der Waals surface area contributed by atoms with Crippen LogP contribution in [0.3, 0.4) is 0 Å². The van der Waals surface area contributed by atoms with E-state index >= 15 is 0 Å². The fourth-order valence-corrected chi connectivity index (χ4v) is 3.37.